The van der Waals surface area contributed by atoms with Crippen LogP contribution < -0.4 is 42.5 Å². The second-order valence-corrected chi connectivity index (χ2v) is 20.4. The first-order valence-electron chi connectivity index (χ1n) is 20.9. The van der Waals surface area contributed by atoms with Crippen LogP contribution in [-0.4, -0.2) is 125 Å². The van der Waals surface area contributed by atoms with Crippen molar-refractivity contribution in [1.29, 1.82) is 0 Å². The molecule has 0 radical (unpaired) electrons. The number of amides is 6. The van der Waals surface area contributed by atoms with E-state index in [9.17, 15) is 28.8 Å². The maximum absolute atomic E-state index is 13.7. The van der Waals surface area contributed by atoms with Crippen LogP contribution >= 0.6 is 23.5 Å². The molecule has 6 atom stereocenters. The molecule has 17 heteroatoms. The average Bonchev–Trinajstić information content (AvgIpc) is 3.74. The highest BCUT2D eigenvalue weighted by atomic mass is 32.2. The third-order valence-corrected chi connectivity index (χ3v) is 13.6. The van der Waals surface area contributed by atoms with Crippen molar-refractivity contribution in [2.24, 2.45) is 0 Å². The van der Waals surface area contributed by atoms with Gasteiger partial charge in [-0.1, -0.05) is 91.0 Å². The predicted octanol–water partition coefficient (Wildman–Crippen LogP) is 1.29. The van der Waals surface area contributed by atoms with Gasteiger partial charge in [-0.2, -0.15) is 0 Å². The molecular weight excluding hydrogens is 827 g/mol. The molecule has 3 aromatic carbocycles. The molecule has 2 unspecified atom stereocenters. The van der Waals surface area contributed by atoms with Crippen molar-refractivity contribution in [3.05, 3.63) is 108 Å². The lowest BCUT2D eigenvalue weighted by Crippen LogP contribution is -2.59. The van der Waals surface area contributed by atoms with Gasteiger partial charge in [0.25, 0.3) is 0 Å². The maximum Gasteiger partial charge on any atom is 0.245 e. The number of nitrogens with one attached hydrogen (secondary N) is 8. The molecule has 2 aliphatic rings. The van der Waals surface area contributed by atoms with Gasteiger partial charge in [0.1, 0.15) is 24.2 Å². The number of thioether (sulfide) groups is 2. The summed E-state index contributed by atoms with van der Waals surface area (Å²) in [4.78, 5) is 83.0. The van der Waals surface area contributed by atoms with E-state index in [4.69, 9.17) is 0 Å². The quantitative estimate of drug-likeness (QED) is 0.0761. The molecular formula is C45H61N9O6S2. The van der Waals surface area contributed by atoms with Crippen LogP contribution in [0.25, 0.3) is 0 Å². The Morgan fingerprint density at radius 3 is 1.35 bits per heavy atom. The minimum absolute atomic E-state index is 0.0882. The zero-order valence-electron chi connectivity index (χ0n) is 36.3. The Hall–Kier alpha value is -4.94. The number of carbonyl (C=O) groups is 6. The highest BCUT2D eigenvalue weighted by molar-refractivity contribution is 8.01. The van der Waals surface area contributed by atoms with Crippen LogP contribution in [0.15, 0.2) is 91.0 Å². The number of rotatable bonds is 20. The summed E-state index contributed by atoms with van der Waals surface area (Å²) in [5.41, 5.74) is 2.53. The molecule has 2 aliphatic heterocycles. The average molecular weight is 888 g/mol. The monoisotopic (exact) mass is 887 g/mol. The molecule has 8 N–H and O–H groups in total. The largest absolute Gasteiger partial charge is 0.353 e. The van der Waals surface area contributed by atoms with Gasteiger partial charge in [-0.3, -0.25) is 39.4 Å². The van der Waals surface area contributed by atoms with Gasteiger partial charge in [0.05, 0.1) is 23.6 Å². The SMILES string of the molecule is CN(C)CCNC(=O)C(NC(=O)Cc1ccccc1)[C@@H]1N[C@@H](C(=O)NCCNC(=O)[C@@H]2N[C@@H](C(NC(=O)Cc3ccccc3)C(=O)NCc3ccccc3)SC2(C)C)C(C)(C)S1. The number of nitrogens with zero attached hydrogens (tertiary/aromatic N) is 1. The van der Waals surface area contributed by atoms with Crippen molar-refractivity contribution in [3.63, 3.8) is 0 Å². The zero-order valence-corrected chi connectivity index (χ0v) is 37.9. The van der Waals surface area contributed by atoms with E-state index >= 15 is 0 Å². The van der Waals surface area contributed by atoms with Crippen LogP contribution in [0.4, 0.5) is 0 Å². The third kappa shape index (κ3) is 14.0. The van der Waals surface area contributed by atoms with Gasteiger partial charge >= 0.3 is 0 Å². The Morgan fingerprint density at radius 1 is 0.565 bits per heavy atom. The van der Waals surface area contributed by atoms with E-state index in [1.54, 1.807) is 0 Å². The molecule has 334 valence electrons. The Labute approximate surface area is 373 Å². The molecule has 0 aliphatic carbocycles. The molecule has 0 spiro atoms. The van der Waals surface area contributed by atoms with Gasteiger partial charge in [-0.25, -0.2) is 0 Å². The van der Waals surface area contributed by atoms with Crippen molar-refractivity contribution in [2.75, 3.05) is 40.3 Å². The maximum atomic E-state index is 13.7. The summed E-state index contributed by atoms with van der Waals surface area (Å²) in [5.74, 6) is -2.00. The molecule has 2 heterocycles. The topological polar surface area (TPSA) is 202 Å². The molecule has 15 nitrogen and oxygen atoms in total. The Bertz CT molecular complexity index is 1990. The first-order valence-corrected chi connectivity index (χ1v) is 22.6. The molecule has 3 aromatic rings. The smallest absolute Gasteiger partial charge is 0.245 e. The van der Waals surface area contributed by atoms with E-state index in [1.165, 1.54) is 23.5 Å². The van der Waals surface area contributed by atoms with Crippen LogP contribution in [0.2, 0.25) is 0 Å². The van der Waals surface area contributed by atoms with E-state index in [0.29, 0.717) is 13.1 Å². The fourth-order valence-electron chi connectivity index (χ4n) is 7.25. The molecule has 6 amide bonds. The lowest BCUT2D eigenvalue weighted by atomic mass is 10.0. The molecule has 5 rings (SSSR count). The predicted molar refractivity (Wildman–Crippen MR) is 245 cm³/mol. The van der Waals surface area contributed by atoms with E-state index < -0.39 is 44.4 Å². The highest BCUT2D eigenvalue weighted by Crippen LogP contribution is 2.40. The molecule has 0 saturated carbocycles. The number of benzene rings is 3. The minimum Gasteiger partial charge on any atom is -0.353 e. The van der Waals surface area contributed by atoms with Crippen LogP contribution in [-0.2, 0) is 48.2 Å². The second-order valence-electron chi connectivity index (χ2n) is 16.8. The summed E-state index contributed by atoms with van der Waals surface area (Å²) in [5, 5.41) is 22.9. The molecule has 2 saturated heterocycles. The molecule has 0 bridgehead atoms. The lowest BCUT2D eigenvalue weighted by molar-refractivity contribution is -0.129. The van der Waals surface area contributed by atoms with E-state index in [2.05, 4.69) is 42.5 Å². The van der Waals surface area contributed by atoms with Crippen molar-refractivity contribution >= 4 is 59.0 Å². The number of hydrogen-bond donors (Lipinski definition) is 8. The highest BCUT2D eigenvalue weighted by Gasteiger charge is 2.50. The van der Waals surface area contributed by atoms with Gasteiger partial charge in [-0.05, 0) is 58.5 Å². The fraction of sp³-hybridized carbons (Fsp3) is 0.467. The number of likely N-dealkylation sites (N-methyl/N-ethyl adjacent to an activating group) is 1. The van der Waals surface area contributed by atoms with Crippen LogP contribution in [0.3, 0.4) is 0 Å². The van der Waals surface area contributed by atoms with Crippen LogP contribution in [0, 0.1) is 0 Å². The fourth-order valence-corrected chi connectivity index (χ4v) is 10.2. The van der Waals surface area contributed by atoms with Gasteiger partial charge < -0.3 is 36.8 Å². The second kappa shape index (κ2) is 22.4. The Morgan fingerprint density at radius 2 is 0.952 bits per heavy atom. The summed E-state index contributed by atoms with van der Waals surface area (Å²) in [6, 6.07) is 24.6. The standard InChI is InChI=1S/C45H61N9O6S2/c1-44(2)36(52-42(61-44)34(38(57)48-24-25-54(5)6)50-32(55)26-29-16-10-7-11-17-29)40(59)46-22-23-47-41(60)37-45(3,4)62-43(53-37)35(39(58)49-28-31-20-14-9-15-21-31)51-33(56)27-30-18-12-8-13-19-30/h7-21,34-37,42-43,52-53H,22-28H2,1-6H3,(H,46,59)(H,47,60)(H,48,57)(H,49,58)(H,50,55)(H,51,56)/t34?,35?,36-,37-,42+,43+/m0/s1. The van der Waals surface area contributed by atoms with Gasteiger partial charge in [-0.15, -0.1) is 23.5 Å². The van der Waals surface area contributed by atoms with Crippen LogP contribution in [0.5, 0.6) is 0 Å². The third-order valence-electron chi connectivity index (χ3n) is 10.5. The number of carbonyl (C=O) groups excluding carboxylic acids is 6. The Balaban J connectivity index is 1.16. The first-order chi connectivity index (χ1) is 29.5. The van der Waals surface area contributed by atoms with E-state index in [0.717, 1.165) is 16.7 Å². The zero-order chi connectivity index (χ0) is 44.9. The summed E-state index contributed by atoms with van der Waals surface area (Å²) in [6.07, 6.45) is 0.187. The normalized spacial score (nSPS) is 21.0. The van der Waals surface area contributed by atoms with Crippen LogP contribution in [0.1, 0.15) is 44.4 Å². The molecule has 62 heavy (non-hydrogen) atoms. The Kier molecular flexibility index (Phi) is 17.4. The lowest BCUT2D eigenvalue weighted by Gasteiger charge is -2.25. The summed E-state index contributed by atoms with van der Waals surface area (Å²) in [6.45, 7) is 9.15. The molecule has 0 aromatic heterocycles. The number of hydrogen-bond acceptors (Lipinski definition) is 11. The van der Waals surface area contributed by atoms with Gasteiger partial charge in [0.15, 0.2) is 0 Å². The molecule has 2 fully saturated rings. The minimum atomic E-state index is -0.985. The van der Waals surface area contributed by atoms with Gasteiger partial charge in [0, 0.05) is 42.2 Å². The first kappa shape index (κ1) is 48.1. The van der Waals surface area contributed by atoms with Crippen molar-refractivity contribution < 1.29 is 28.8 Å². The summed E-state index contributed by atoms with van der Waals surface area (Å²) < 4.78 is -1.33. The van der Waals surface area contributed by atoms with E-state index in [-0.39, 0.29) is 67.9 Å². The van der Waals surface area contributed by atoms with Crippen molar-refractivity contribution in [2.45, 2.75) is 91.5 Å². The van der Waals surface area contributed by atoms with Gasteiger partial charge in [0.2, 0.25) is 35.4 Å². The summed E-state index contributed by atoms with van der Waals surface area (Å²) in [7, 11) is 3.81. The van der Waals surface area contributed by atoms with Crippen molar-refractivity contribution in [1.82, 2.24) is 47.4 Å². The van der Waals surface area contributed by atoms with Crippen molar-refractivity contribution in [3.8, 4) is 0 Å². The van der Waals surface area contributed by atoms with E-state index in [1.807, 2.05) is 138 Å². The summed E-state index contributed by atoms with van der Waals surface area (Å²) >= 11 is 2.81.